The van der Waals surface area contributed by atoms with Gasteiger partial charge in [-0.05, 0) is 23.3 Å². The topological polar surface area (TPSA) is 0 Å². The molecule has 1 aliphatic rings. The second-order valence-electron chi connectivity index (χ2n) is 3.23. The summed E-state index contributed by atoms with van der Waals surface area (Å²) in [5, 5.41) is 0. The summed E-state index contributed by atoms with van der Waals surface area (Å²) in [7, 11) is 0. The third kappa shape index (κ3) is 2.78. The molecule has 0 atom stereocenters. The average molecular weight is 201 g/mol. The molecular weight excluding hydrogens is 188 g/mol. The van der Waals surface area contributed by atoms with Gasteiger partial charge in [-0.15, -0.1) is 11.8 Å². The Balaban J connectivity index is 1.88. The van der Waals surface area contributed by atoms with E-state index < -0.39 is 0 Å². The first-order chi connectivity index (χ1) is 6.95. The molecule has 0 unspecified atom stereocenters. The van der Waals surface area contributed by atoms with E-state index in [1.165, 1.54) is 10.5 Å². The molecule has 2 rings (SSSR count). The van der Waals surface area contributed by atoms with Crippen LogP contribution in [0.5, 0.6) is 0 Å². The standard InChI is InChI=1S/C13H13S/c1-3-7-12(8-4-1)11-14-13-9-5-2-6-10-13/h1-9H,10-11H2. The van der Waals surface area contributed by atoms with E-state index in [0.29, 0.717) is 0 Å². The normalized spacial score (nSPS) is 15.3. The Bertz CT molecular complexity index is 336. The molecule has 1 heteroatoms. The molecule has 0 amide bonds. The second kappa shape index (κ2) is 5.06. The van der Waals surface area contributed by atoms with Crippen LogP contribution in [0.25, 0.3) is 0 Å². The molecule has 1 radical (unpaired) electrons. The number of rotatable bonds is 3. The first-order valence-electron chi connectivity index (χ1n) is 4.81. The smallest absolute Gasteiger partial charge is 0.0228 e. The van der Waals surface area contributed by atoms with Crippen LogP contribution in [0.4, 0.5) is 0 Å². The summed E-state index contributed by atoms with van der Waals surface area (Å²) in [5.41, 5.74) is 1.40. The van der Waals surface area contributed by atoms with E-state index in [1.807, 2.05) is 11.8 Å². The Morgan fingerprint density at radius 2 is 1.93 bits per heavy atom. The van der Waals surface area contributed by atoms with E-state index in [9.17, 15) is 0 Å². The lowest BCUT2D eigenvalue weighted by Crippen LogP contribution is -1.85. The number of hydrogen-bond acceptors (Lipinski definition) is 1. The Hall–Kier alpha value is -0.950. The van der Waals surface area contributed by atoms with Crippen molar-refractivity contribution in [1.29, 1.82) is 0 Å². The number of thioether (sulfide) groups is 1. The maximum atomic E-state index is 2.20. The van der Waals surface area contributed by atoms with Gasteiger partial charge in [-0.1, -0.05) is 48.6 Å². The molecule has 71 valence electrons. The zero-order chi connectivity index (χ0) is 9.64. The van der Waals surface area contributed by atoms with Gasteiger partial charge in [0, 0.05) is 5.75 Å². The molecule has 0 fully saturated rings. The molecule has 0 aliphatic heterocycles. The fraction of sp³-hybridized carbons (Fsp3) is 0.154. The zero-order valence-corrected chi connectivity index (χ0v) is 8.84. The van der Waals surface area contributed by atoms with Crippen LogP contribution in [-0.2, 0) is 5.75 Å². The molecule has 0 saturated heterocycles. The van der Waals surface area contributed by atoms with Crippen LogP contribution in [0.3, 0.4) is 0 Å². The molecule has 14 heavy (non-hydrogen) atoms. The zero-order valence-electron chi connectivity index (χ0n) is 8.02. The van der Waals surface area contributed by atoms with Crippen molar-refractivity contribution in [2.75, 3.05) is 0 Å². The van der Waals surface area contributed by atoms with Crippen molar-refractivity contribution in [1.82, 2.24) is 0 Å². The highest BCUT2D eigenvalue weighted by atomic mass is 32.2. The molecule has 0 nitrogen and oxygen atoms in total. The Labute approximate surface area is 89.7 Å². The lowest BCUT2D eigenvalue weighted by atomic mass is 10.2. The van der Waals surface area contributed by atoms with Crippen molar-refractivity contribution in [3.8, 4) is 0 Å². The lowest BCUT2D eigenvalue weighted by Gasteiger charge is -2.07. The van der Waals surface area contributed by atoms with Crippen LogP contribution in [0.15, 0.2) is 53.5 Å². The van der Waals surface area contributed by atoms with Crippen LogP contribution in [0, 0.1) is 6.42 Å². The third-order valence-corrected chi connectivity index (χ3v) is 3.27. The molecular formula is C13H13S. The largest absolute Gasteiger partial charge is 0.126 e. The third-order valence-electron chi connectivity index (χ3n) is 2.12. The summed E-state index contributed by atoms with van der Waals surface area (Å²) >= 11 is 1.93. The van der Waals surface area contributed by atoms with E-state index in [1.54, 1.807) is 0 Å². The summed E-state index contributed by atoms with van der Waals surface area (Å²) in [6, 6.07) is 10.6. The van der Waals surface area contributed by atoms with E-state index in [0.717, 1.165) is 12.2 Å². The summed E-state index contributed by atoms with van der Waals surface area (Å²) in [5.74, 6) is 1.08. The maximum Gasteiger partial charge on any atom is 0.0228 e. The molecule has 1 aliphatic carbocycles. The SMILES string of the molecule is [CH]1C=CC=C(SCc2ccccc2)C1. The van der Waals surface area contributed by atoms with Gasteiger partial charge in [0.15, 0.2) is 0 Å². The highest BCUT2D eigenvalue weighted by Gasteiger charge is 2.00. The van der Waals surface area contributed by atoms with Gasteiger partial charge in [0.05, 0.1) is 0 Å². The van der Waals surface area contributed by atoms with Crippen molar-refractivity contribution >= 4 is 11.8 Å². The first-order valence-corrected chi connectivity index (χ1v) is 5.79. The second-order valence-corrected chi connectivity index (χ2v) is 4.33. The van der Waals surface area contributed by atoms with Gasteiger partial charge in [-0.2, -0.15) is 0 Å². The monoisotopic (exact) mass is 201 g/mol. The van der Waals surface area contributed by atoms with E-state index in [4.69, 9.17) is 0 Å². The fourth-order valence-corrected chi connectivity index (χ4v) is 2.28. The molecule has 0 spiro atoms. The number of hydrogen-bond donors (Lipinski definition) is 0. The summed E-state index contributed by atoms with van der Waals surface area (Å²) in [4.78, 5) is 1.45. The first kappa shape index (κ1) is 9.60. The van der Waals surface area contributed by atoms with Crippen LogP contribution >= 0.6 is 11.8 Å². The predicted molar refractivity (Wildman–Crippen MR) is 63.9 cm³/mol. The molecule has 0 saturated carbocycles. The molecule has 0 heterocycles. The highest BCUT2D eigenvalue weighted by molar-refractivity contribution is 8.02. The minimum Gasteiger partial charge on any atom is -0.126 e. The van der Waals surface area contributed by atoms with Crippen molar-refractivity contribution in [2.45, 2.75) is 12.2 Å². The summed E-state index contributed by atoms with van der Waals surface area (Å²) in [6.07, 6.45) is 9.71. The van der Waals surface area contributed by atoms with Crippen molar-refractivity contribution in [3.63, 3.8) is 0 Å². The van der Waals surface area contributed by atoms with Gasteiger partial charge in [-0.25, -0.2) is 0 Å². The quantitative estimate of drug-likeness (QED) is 0.713. The van der Waals surface area contributed by atoms with Crippen LogP contribution in [-0.4, -0.2) is 0 Å². The lowest BCUT2D eigenvalue weighted by molar-refractivity contribution is 1.24. The van der Waals surface area contributed by atoms with Gasteiger partial charge < -0.3 is 0 Å². The van der Waals surface area contributed by atoms with Gasteiger partial charge >= 0.3 is 0 Å². The predicted octanol–water partition coefficient (Wildman–Crippen LogP) is 3.97. The van der Waals surface area contributed by atoms with Gasteiger partial charge in [0.25, 0.3) is 0 Å². The fourth-order valence-electron chi connectivity index (χ4n) is 1.35. The number of allylic oxidation sites excluding steroid dienone is 4. The van der Waals surface area contributed by atoms with Crippen LogP contribution < -0.4 is 0 Å². The van der Waals surface area contributed by atoms with Crippen LogP contribution in [0.1, 0.15) is 12.0 Å². The van der Waals surface area contributed by atoms with E-state index in [-0.39, 0.29) is 0 Å². The molecule has 0 N–H and O–H groups in total. The summed E-state index contributed by atoms with van der Waals surface area (Å²) in [6.45, 7) is 0. The minimum atomic E-state index is 1.08. The molecule has 0 bridgehead atoms. The minimum absolute atomic E-state index is 1.08. The Morgan fingerprint density at radius 1 is 1.07 bits per heavy atom. The van der Waals surface area contributed by atoms with Gasteiger partial charge in [-0.3, -0.25) is 0 Å². The van der Waals surface area contributed by atoms with Crippen molar-refractivity contribution in [3.05, 3.63) is 65.4 Å². The molecule has 0 aromatic heterocycles. The Morgan fingerprint density at radius 3 is 2.64 bits per heavy atom. The van der Waals surface area contributed by atoms with E-state index in [2.05, 4.69) is 55.0 Å². The molecule has 1 aromatic rings. The van der Waals surface area contributed by atoms with Gasteiger partial charge in [0.2, 0.25) is 0 Å². The molecule has 1 aromatic carbocycles. The van der Waals surface area contributed by atoms with Crippen molar-refractivity contribution < 1.29 is 0 Å². The Kier molecular flexibility index (Phi) is 3.47. The number of benzene rings is 1. The van der Waals surface area contributed by atoms with Crippen molar-refractivity contribution in [2.24, 2.45) is 0 Å². The van der Waals surface area contributed by atoms with Gasteiger partial charge in [0.1, 0.15) is 0 Å². The highest BCUT2D eigenvalue weighted by Crippen LogP contribution is 2.26. The van der Waals surface area contributed by atoms with Crippen LogP contribution in [0.2, 0.25) is 0 Å². The van der Waals surface area contributed by atoms with E-state index >= 15 is 0 Å². The summed E-state index contributed by atoms with van der Waals surface area (Å²) < 4.78 is 0. The average Bonchev–Trinajstić information content (AvgIpc) is 2.29. The maximum absolute atomic E-state index is 2.20.